The Balaban J connectivity index is 1.15. The number of morpholine rings is 1. The lowest BCUT2D eigenvalue weighted by Gasteiger charge is -2.41. The van der Waals surface area contributed by atoms with E-state index in [4.69, 9.17) is 9.47 Å². The maximum Gasteiger partial charge on any atom is 0.416 e. The molecule has 10 nitrogen and oxygen atoms in total. The fraction of sp³-hybridized carbons (Fsp3) is 0.571. The summed E-state index contributed by atoms with van der Waals surface area (Å²) in [4.78, 5) is 47.3. The van der Waals surface area contributed by atoms with Crippen LogP contribution in [0.5, 0.6) is 0 Å². The van der Waals surface area contributed by atoms with E-state index in [9.17, 15) is 40.7 Å². The number of halogens is 6. The van der Waals surface area contributed by atoms with E-state index in [0.29, 0.717) is 77.1 Å². The third-order valence-electron chi connectivity index (χ3n) is 10.2. The van der Waals surface area contributed by atoms with Crippen molar-refractivity contribution in [3.05, 3.63) is 64.7 Å². The van der Waals surface area contributed by atoms with Gasteiger partial charge in [-0.2, -0.15) is 26.3 Å². The van der Waals surface area contributed by atoms with Gasteiger partial charge in [-0.3, -0.25) is 9.69 Å². The van der Waals surface area contributed by atoms with Gasteiger partial charge in [0, 0.05) is 70.0 Å². The number of anilines is 1. The Morgan fingerprint density at radius 1 is 0.804 bits per heavy atom. The van der Waals surface area contributed by atoms with Gasteiger partial charge in [0.1, 0.15) is 0 Å². The summed E-state index contributed by atoms with van der Waals surface area (Å²) in [6.45, 7) is 4.12. The minimum atomic E-state index is -5.08. The normalized spacial score (nSPS) is 20.7. The van der Waals surface area contributed by atoms with Gasteiger partial charge < -0.3 is 29.5 Å². The van der Waals surface area contributed by atoms with Gasteiger partial charge in [0.05, 0.1) is 24.3 Å². The molecule has 0 unspecified atom stereocenters. The number of carbonyl (C=O) groups is 3. The van der Waals surface area contributed by atoms with Gasteiger partial charge >= 0.3 is 24.5 Å². The molecular weight excluding hydrogens is 684 g/mol. The molecule has 0 aliphatic carbocycles. The molecule has 2 aromatic carbocycles. The first kappa shape index (κ1) is 36.7. The van der Waals surface area contributed by atoms with Crippen LogP contribution in [0.15, 0.2) is 42.5 Å². The first-order valence-corrected chi connectivity index (χ1v) is 17.3. The highest BCUT2D eigenvalue weighted by Gasteiger charge is 2.40. The van der Waals surface area contributed by atoms with Crippen LogP contribution >= 0.6 is 0 Å². The third kappa shape index (κ3) is 8.88. The Labute approximate surface area is 291 Å². The molecule has 51 heavy (non-hydrogen) atoms. The standard InChI is InChI=1S/C35H41F6N5O5/c36-34(37,38)25-19-23(20-26(22-25)35(39,40)41)21-30(31(47)44-10-6-27(7-11-44)43-15-17-50-18-16-43)51-33(49)45-12-8-28(9-13-45)46-14-5-24-3-1-2-4-29(24)42-32(46)48/h1-4,19-20,22,27-28,30H,5-18,21H2,(H,42,48)/t30-/m1/s1. The summed E-state index contributed by atoms with van der Waals surface area (Å²) >= 11 is 0. The van der Waals surface area contributed by atoms with Gasteiger partial charge in [0.15, 0.2) is 6.10 Å². The van der Waals surface area contributed by atoms with Crippen molar-refractivity contribution < 1.29 is 50.2 Å². The van der Waals surface area contributed by atoms with Crippen LogP contribution in [0.1, 0.15) is 47.9 Å². The number of alkyl halides is 6. The zero-order chi connectivity index (χ0) is 36.3. The second-order valence-corrected chi connectivity index (χ2v) is 13.4. The van der Waals surface area contributed by atoms with Crippen molar-refractivity contribution in [2.24, 2.45) is 0 Å². The number of likely N-dealkylation sites (tertiary alicyclic amines) is 2. The van der Waals surface area contributed by atoms with E-state index >= 15 is 0 Å². The summed E-state index contributed by atoms with van der Waals surface area (Å²) in [5.74, 6) is -0.676. The van der Waals surface area contributed by atoms with Gasteiger partial charge in [-0.25, -0.2) is 9.59 Å². The monoisotopic (exact) mass is 725 g/mol. The Bertz CT molecular complexity index is 1530. The summed E-state index contributed by atoms with van der Waals surface area (Å²) in [7, 11) is 0. The molecule has 2 aromatic rings. The van der Waals surface area contributed by atoms with Crippen molar-refractivity contribution in [3.8, 4) is 0 Å². The number of carbonyl (C=O) groups excluding carboxylic acids is 3. The molecule has 3 fully saturated rings. The molecule has 3 saturated heterocycles. The fourth-order valence-electron chi connectivity index (χ4n) is 7.42. The topological polar surface area (TPSA) is 94.7 Å². The quantitative estimate of drug-likeness (QED) is 0.387. The summed E-state index contributed by atoms with van der Waals surface area (Å²) < 4.78 is 93.1. The number of nitrogens with one attached hydrogen (secondary N) is 1. The molecule has 0 aromatic heterocycles. The molecular formula is C35H41F6N5O5. The second kappa shape index (κ2) is 15.3. The first-order chi connectivity index (χ1) is 24.3. The van der Waals surface area contributed by atoms with Crippen LogP contribution < -0.4 is 5.32 Å². The molecule has 0 saturated carbocycles. The Morgan fingerprint density at radius 2 is 1.39 bits per heavy atom. The van der Waals surface area contributed by atoms with Crippen LogP contribution in [-0.2, 0) is 39.5 Å². The van der Waals surface area contributed by atoms with Gasteiger partial charge in [-0.15, -0.1) is 0 Å². The van der Waals surface area contributed by atoms with E-state index in [1.807, 2.05) is 24.3 Å². The number of benzene rings is 2. The van der Waals surface area contributed by atoms with Gasteiger partial charge in [0.2, 0.25) is 0 Å². The molecule has 1 atom stereocenters. The Kier molecular flexibility index (Phi) is 11.0. The highest BCUT2D eigenvalue weighted by Crippen LogP contribution is 2.37. The Hall–Kier alpha value is -4.05. The SMILES string of the molecule is O=C(O[C@H](Cc1cc(C(F)(F)F)cc(C(F)(F)F)c1)C(=O)N1CCC(N2CCOCC2)CC1)N1CCC(N2CCc3ccccc3NC2=O)CC1. The summed E-state index contributed by atoms with van der Waals surface area (Å²) in [5, 5.41) is 2.93. The highest BCUT2D eigenvalue weighted by atomic mass is 19.4. The number of fused-ring (bicyclic) bond motifs is 1. The smallest absolute Gasteiger partial charge is 0.416 e. The van der Waals surface area contributed by atoms with E-state index in [2.05, 4.69) is 10.2 Å². The fourth-order valence-corrected chi connectivity index (χ4v) is 7.42. The number of hydrogen-bond donors (Lipinski definition) is 1. The van der Waals surface area contributed by atoms with Crippen molar-refractivity contribution in [3.63, 3.8) is 0 Å². The van der Waals surface area contributed by atoms with Crippen LogP contribution in [0, 0.1) is 0 Å². The predicted molar refractivity (Wildman–Crippen MR) is 173 cm³/mol. The van der Waals surface area contributed by atoms with Crippen molar-refractivity contribution in [1.82, 2.24) is 19.6 Å². The molecule has 6 rings (SSSR count). The highest BCUT2D eigenvalue weighted by molar-refractivity contribution is 5.91. The van der Waals surface area contributed by atoms with Crippen LogP contribution in [0.2, 0.25) is 0 Å². The molecule has 16 heteroatoms. The van der Waals surface area contributed by atoms with Crippen LogP contribution in [0.4, 0.5) is 41.6 Å². The van der Waals surface area contributed by atoms with E-state index < -0.39 is 53.6 Å². The number of rotatable bonds is 6. The molecule has 278 valence electrons. The number of piperidine rings is 2. The first-order valence-electron chi connectivity index (χ1n) is 17.3. The van der Waals surface area contributed by atoms with Crippen molar-refractivity contribution >= 4 is 23.7 Å². The van der Waals surface area contributed by atoms with E-state index in [0.717, 1.165) is 24.3 Å². The minimum Gasteiger partial charge on any atom is -0.436 e. The summed E-state index contributed by atoms with van der Waals surface area (Å²) in [6.07, 6.45) is -10.7. The maximum atomic E-state index is 13.9. The summed E-state index contributed by atoms with van der Waals surface area (Å²) in [5.41, 5.74) is -1.70. The molecule has 4 amide bonds. The third-order valence-corrected chi connectivity index (χ3v) is 10.2. The van der Waals surface area contributed by atoms with Crippen molar-refractivity contribution in [2.75, 3.05) is 64.3 Å². The van der Waals surface area contributed by atoms with Gasteiger partial charge in [-0.1, -0.05) is 18.2 Å². The Morgan fingerprint density at radius 3 is 2.02 bits per heavy atom. The van der Waals surface area contributed by atoms with Crippen molar-refractivity contribution in [1.29, 1.82) is 0 Å². The zero-order valence-electron chi connectivity index (χ0n) is 28.0. The number of hydrogen-bond acceptors (Lipinski definition) is 6. The number of urea groups is 1. The lowest BCUT2D eigenvalue weighted by molar-refractivity contribution is -0.143. The van der Waals surface area contributed by atoms with Crippen LogP contribution in [-0.4, -0.2) is 115 Å². The molecule has 0 spiro atoms. The van der Waals surface area contributed by atoms with E-state index in [1.165, 1.54) is 9.80 Å². The zero-order valence-corrected chi connectivity index (χ0v) is 28.0. The van der Waals surface area contributed by atoms with Gasteiger partial charge in [0.25, 0.3) is 5.91 Å². The molecule has 4 aliphatic rings. The molecule has 0 radical (unpaired) electrons. The number of nitrogens with zero attached hydrogens (tertiary/aromatic N) is 4. The lowest BCUT2D eigenvalue weighted by atomic mass is 9.98. The van der Waals surface area contributed by atoms with Gasteiger partial charge in [-0.05, 0) is 67.5 Å². The lowest BCUT2D eigenvalue weighted by Crippen LogP contribution is -2.53. The number of ether oxygens (including phenoxy) is 2. The summed E-state index contributed by atoms with van der Waals surface area (Å²) in [6, 6.07) is 8.43. The van der Waals surface area contributed by atoms with Crippen LogP contribution in [0.3, 0.4) is 0 Å². The van der Waals surface area contributed by atoms with E-state index in [-0.39, 0.29) is 37.3 Å². The second-order valence-electron chi connectivity index (χ2n) is 13.4. The van der Waals surface area contributed by atoms with E-state index in [1.54, 1.807) is 4.90 Å². The predicted octanol–water partition coefficient (Wildman–Crippen LogP) is 5.65. The number of amides is 4. The molecule has 1 N–H and O–H groups in total. The molecule has 4 aliphatic heterocycles. The average Bonchev–Trinajstić information content (AvgIpc) is 3.28. The molecule has 4 heterocycles. The minimum absolute atomic E-state index is 0.0240. The average molecular weight is 726 g/mol. The maximum absolute atomic E-state index is 13.9. The number of para-hydroxylation sites is 1. The largest absolute Gasteiger partial charge is 0.436 e. The van der Waals surface area contributed by atoms with Crippen LogP contribution in [0.25, 0.3) is 0 Å². The van der Waals surface area contributed by atoms with Crippen molar-refractivity contribution in [2.45, 2.75) is 69.1 Å². The molecule has 0 bridgehead atoms.